The Bertz CT molecular complexity index is 931. The molecule has 0 bridgehead atoms. The molecule has 2 aromatic rings. The van der Waals surface area contributed by atoms with E-state index >= 15 is 0 Å². The Morgan fingerprint density at radius 3 is 2.41 bits per heavy atom. The number of primary sulfonamides is 1. The van der Waals surface area contributed by atoms with Crippen LogP contribution < -0.4 is 26.8 Å². The minimum Gasteiger partial charge on any atom is -0.465 e. The lowest BCUT2D eigenvalue weighted by atomic mass is 10.1. The highest BCUT2D eigenvalue weighted by Gasteiger charge is 2.17. The van der Waals surface area contributed by atoms with Crippen LogP contribution in [-0.4, -0.2) is 37.7 Å². The molecule has 0 radical (unpaired) electrons. The number of rotatable bonds is 7. The minimum atomic E-state index is -3.72. The van der Waals surface area contributed by atoms with Crippen molar-refractivity contribution in [3.63, 3.8) is 0 Å². The zero-order chi connectivity index (χ0) is 20.2. The Hall–Kier alpha value is -3.05. The predicted octanol–water partition coefficient (Wildman–Crippen LogP) is 1.05. The third-order valence-electron chi connectivity index (χ3n) is 3.88. The summed E-state index contributed by atoms with van der Waals surface area (Å²) in [6.07, 6.45) is -0.576. The molecule has 10 nitrogen and oxygen atoms in total. The first kappa shape index (κ1) is 20.3. The van der Waals surface area contributed by atoms with E-state index in [0.29, 0.717) is 18.7 Å². The SMILES string of the molecule is CCN(C(=O)O)c1cc(NCCc2ccc(S(N)(=O)=O)cc2)c(N)c(N)n1. The number of anilines is 4. The molecule has 11 heteroatoms. The molecule has 0 saturated heterocycles. The fraction of sp³-hybridized carbons (Fsp3) is 0.250. The molecule has 0 aliphatic carbocycles. The molecule has 0 aliphatic heterocycles. The molecule has 27 heavy (non-hydrogen) atoms. The second kappa shape index (κ2) is 8.10. The number of aromatic nitrogens is 1. The van der Waals surface area contributed by atoms with Crippen molar-refractivity contribution in [2.24, 2.45) is 5.14 Å². The van der Waals surface area contributed by atoms with Crippen molar-refractivity contribution < 1.29 is 18.3 Å². The Morgan fingerprint density at radius 1 is 1.26 bits per heavy atom. The van der Waals surface area contributed by atoms with Crippen molar-refractivity contribution in [1.82, 2.24) is 4.98 Å². The number of amides is 1. The maximum Gasteiger partial charge on any atom is 0.413 e. The predicted molar refractivity (Wildman–Crippen MR) is 104 cm³/mol. The number of sulfonamides is 1. The molecule has 1 amide bonds. The van der Waals surface area contributed by atoms with Crippen LogP contribution in [0.2, 0.25) is 0 Å². The first-order chi connectivity index (χ1) is 12.6. The van der Waals surface area contributed by atoms with Crippen molar-refractivity contribution in [2.45, 2.75) is 18.2 Å². The molecule has 0 saturated carbocycles. The Labute approximate surface area is 157 Å². The number of nitrogen functional groups attached to an aromatic ring is 2. The van der Waals surface area contributed by atoms with Gasteiger partial charge >= 0.3 is 6.09 Å². The molecule has 8 N–H and O–H groups in total. The van der Waals surface area contributed by atoms with Crippen molar-refractivity contribution >= 4 is 39.1 Å². The summed E-state index contributed by atoms with van der Waals surface area (Å²) in [5.41, 5.74) is 13.3. The van der Waals surface area contributed by atoms with Crippen molar-refractivity contribution in [3.05, 3.63) is 35.9 Å². The average molecular weight is 394 g/mol. The molecular weight excluding hydrogens is 372 g/mol. The van der Waals surface area contributed by atoms with Crippen LogP contribution in [0.1, 0.15) is 12.5 Å². The van der Waals surface area contributed by atoms with Gasteiger partial charge in [0.25, 0.3) is 0 Å². The maximum absolute atomic E-state index is 11.3. The van der Waals surface area contributed by atoms with Gasteiger partial charge in [-0.2, -0.15) is 0 Å². The summed E-state index contributed by atoms with van der Waals surface area (Å²) in [5, 5.41) is 17.4. The van der Waals surface area contributed by atoms with Crippen molar-refractivity contribution in [1.29, 1.82) is 0 Å². The van der Waals surface area contributed by atoms with Crippen LogP contribution in [-0.2, 0) is 16.4 Å². The Balaban J connectivity index is 2.11. The summed E-state index contributed by atoms with van der Waals surface area (Å²) in [6.45, 7) is 2.35. The Kier molecular flexibility index (Phi) is 6.08. The van der Waals surface area contributed by atoms with Gasteiger partial charge in [-0.3, -0.25) is 4.90 Å². The van der Waals surface area contributed by atoms with Crippen LogP contribution in [0.25, 0.3) is 0 Å². The fourth-order valence-corrected chi connectivity index (χ4v) is 2.94. The lowest BCUT2D eigenvalue weighted by molar-refractivity contribution is 0.202. The minimum absolute atomic E-state index is 0.0344. The second-order valence-corrected chi connectivity index (χ2v) is 7.28. The van der Waals surface area contributed by atoms with E-state index in [-0.39, 0.29) is 28.8 Å². The molecule has 2 rings (SSSR count). The number of nitrogens with two attached hydrogens (primary N) is 3. The molecule has 1 aromatic carbocycles. The lowest BCUT2D eigenvalue weighted by Gasteiger charge is -2.19. The monoisotopic (exact) mass is 394 g/mol. The summed E-state index contributed by atoms with van der Waals surface area (Å²) in [7, 11) is -3.72. The van der Waals surface area contributed by atoms with Gasteiger partial charge < -0.3 is 21.9 Å². The van der Waals surface area contributed by atoms with Crippen molar-refractivity contribution in [3.8, 4) is 0 Å². The smallest absolute Gasteiger partial charge is 0.413 e. The molecule has 0 aliphatic rings. The number of hydrogen-bond donors (Lipinski definition) is 5. The van der Waals surface area contributed by atoms with Gasteiger partial charge in [0.1, 0.15) is 5.82 Å². The molecule has 1 aromatic heterocycles. The number of carbonyl (C=O) groups is 1. The highest BCUT2D eigenvalue weighted by atomic mass is 32.2. The number of benzene rings is 1. The zero-order valence-corrected chi connectivity index (χ0v) is 15.5. The number of carboxylic acid groups (broad SMARTS) is 1. The van der Waals surface area contributed by atoms with E-state index in [1.165, 1.54) is 18.2 Å². The van der Waals surface area contributed by atoms with Gasteiger partial charge in [0, 0.05) is 19.2 Å². The Morgan fingerprint density at radius 2 is 1.89 bits per heavy atom. The average Bonchev–Trinajstić information content (AvgIpc) is 2.59. The van der Waals surface area contributed by atoms with E-state index in [2.05, 4.69) is 10.3 Å². The topological polar surface area (TPSA) is 178 Å². The van der Waals surface area contributed by atoms with Crippen LogP contribution in [0.4, 0.5) is 27.8 Å². The zero-order valence-electron chi connectivity index (χ0n) is 14.7. The number of nitrogens with one attached hydrogen (secondary N) is 1. The largest absolute Gasteiger partial charge is 0.465 e. The van der Waals surface area contributed by atoms with Gasteiger partial charge in [-0.1, -0.05) is 12.1 Å². The first-order valence-corrected chi connectivity index (χ1v) is 9.60. The molecular formula is C16H22N6O4S. The quantitative estimate of drug-likeness (QED) is 0.462. The van der Waals surface area contributed by atoms with Gasteiger partial charge in [-0.15, -0.1) is 0 Å². The summed E-state index contributed by atoms with van der Waals surface area (Å²) in [5.74, 6) is 0.212. The van der Waals surface area contributed by atoms with Crippen LogP contribution in [0.15, 0.2) is 35.2 Å². The standard InChI is InChI=1S/C16H22N6O4S/c1-2-22(16(23)24)13-9-12(14(17)15(18)21-13)20-8-7-10-3-5-11(6-4-10)27(19,25)26/h3-6,9H,2,7-8,17H2,1H3,(H,23,24)(H3,18,20,21)(H2,19,25,26). The second-order valence-electron chi connectivity index (χ2n) is 5.72. The molecule has 0 unspecified atom stereocenters. The van der Waals surface area contributed by atoms with Gasteiger partial charge in [-0.25, -0.2) is 23.3 Å². The van der Waals surface area contributed by atoms with Crippen LogP contribution in [0.3, 0.4) is 0 Å². The van der Waals surface area contributed by atoms with Crippen molar-refractivity contribution in [2.75, 3.05) is 34.8 Å². The summed E-state index contributed by atoms with van der Waals surface area (Å²) in [4.78, 5) is 16.4. The highest BCUT2D eigenvalue weighted by Crippen LogP contribution is 2.28. The molecule has 0 fully saturated rings. The molecule has 1 heterocycles. The summed E-state index contributed by atoms with van der Waals surface area (Å²) >= 11 is 0. The molecule has 146 valence electrons. The van der Waals surface area contributed by atoms with Crippen LogP contribution >= 0.6 is 0 Å². The molecule has 0 atom stereocenters. The first-order valence-electron chi connectivity index (χ1n) is 8.05. The number of pyridine rings is 1. The van der Waals surface area contributed by atoms with Gasteiger partial charge in [-0.05, 0) is 31.0 Å². The van der Waals surface area contributed by atoms with Gasteiger partial charge in [0.15, 0.2) is 5.82 Å². The highest BCUT2D eigenvalue weighted by molar-refractivity contribution is 7.89. The van der Waals surface area contributed by atoms with E-state index in [4.69, 9.17) is 16.6 Å². The van der Waals surface area contributed by atoms with Gasteiger partial charge in [0.2, 0.25) is 10.0 Å². The third-order valence-corrected chi connectivity index (χ3v) is 4.81. The normalized spacial score (nSPS) is 11.2. The fourth-order valence-electron chi connectivity index (χ4n) is 2.43. The number of nitrogens with zero attached hydrogens (tertiary/aromatic N) is 2. The number of hydrogen-bond acceptors (Lipinski definition) is 7. The summed E-state index contributed by atoms with van der Waals surface area (Å²) in [6, 6.07) is 7.73. The van der Waals surface area contributed by atoms with Crippen LogP contribution in [0.5, 0.6) is 0 Å². The lowest BCUT2D eigenvalue weighted by Crippen LogP contribution is -2.30. The van der Waals surface area contributed by atoms with Crippen LogP contribution in [0, 0.1) is 0 Å². The molecule has 0 spiro atoms. The van der Waals surface area contributed by atoms with E-state index in [1.54, 1.807) is 19.1 Å². The van der Waals surface area contributed by atoms with E-state index in [9.17, 15) is 18.3 Å². The maximum atomic E-state index is 11.3. The summed E-state index contributed by atoms with van der Waals surface area (Å²) < 4.78 is 22.5. The van der Waals surface area contributed by atoms with Gasteiger partial charge in [0.05, 0.1) is 16.3 Å². The van der Waals surface area contributed by atoms with E-state index in [0.717, 1.165) is 10.5 Å². The van der Waals surface area contributed by atoms with E-state index in [1.807, 2.05) is 0 Å². The van der Waals surface area contributed by atoms with E-state index < -0.39 is 16.1 Å². The third kappa shape index (κ3) is 4.99.